The van der Waals surface area contributed by atoms with Gasteiger partial charge in [-0.1, -0.05) is 0 Å². The first kappa shape index (κ1) is 10.6. The number of hydrogen-bond acceptors (Lipinski definition) is 4. The van der Waals surface area contributed by atoms with Crippen LogP contribution in [0.3, 0.4) is 0 Å². The van der Waals surface area contributed by atoms with E-state index in [9.17, 15) is 0 Å². The lowest BCUT2D eigenvalue weighted by atomic mass is 9.50. The van der Waals surface area contributed by atoms with E-state index in [-0.39, 0.29) is 11.6 Å². The molecule has 0 amide bonds. The monoisotopic (exact) mass is 252 g/mol. The molecule has 4 saturated carbocycles. The Morgan fingerprint density at radius 1 is 0.500 bits per heavy atom. The summed E-state index contributed by atoms with van der Waals surface area (Å²) >= 11 is 0. The van der Waals surface area contributed by atoms with Gasteiger partial charge in [0.05, 0.1) is 26.4 Å². The van der Waals surface area contributed by atoms with E-state index >= 15 is 0 Å². The van der Waals surface area contributed by atoms with Crippen molar-refractivity contribution < 1.29 is 18.9 Å². The Bertz CT molecular complexity index is 302. The largest absolute Gasteiger partial charge is 0.347 e. The molecule has 2 saturated heterocycles. The predicted molar refractivity (Wildman–Crippen MR) is 61.7 cm³/mol. The molecule has 0 aromatic rings. The molecule has 0 radical (unpaired) electrons. The summed E-state index contributed by atoms with van der Waals surface area (Å²) < 4.78 is 24.3. The molecule has 0 atom stereocenters. The molecule has 0 unspecified atom stereocenters. The van der Waals surface area contributed by atoms with Crippen LogP contribution in [-0.2, 0) is 18.9 Å². The minimum Gasteiger partial charge on any atom is -0.347 e. The highest BCUT2D eigenvalue weighted by atomic mass is 16.7. The molecule has 100 valence electrons. The third-order valence-electron chi connectivity index (χ3n) is 6.03. The quantitative estimate of drug-likeness (QED) is 0.655. The van der Waals surface area contributed by atoms with E-state index in [0.717, 1.165) is 52.1 Å². The van der Waals surface area contributed by atoms with Gasteiger partial charge in [-0.2, -0.15) is 0 Å². The second-order valence-electron chi connectivity index (χ2n) is 6.57. The SMILES string of the molecule is C1COC2(O1)C1CC3CC2CC(C1)C31OCCO1. The average Bonchev–Trinajstić information content (AvgIpc) is 2.99. The van der Waals surface area contributed by atoms with E-state index in [2.05, 4.69) is 0 Å². The second-order valence-corrected chi connectivity index (χ2v) is 6.57. The van der Waals surface area contributed by atoms with Gasteiger partial charge < -0.3 is 18.9 Å². The predicted octanol–water partition coefficient (Wildman–Crippen LogP) is 1.54. The van der Waals surface area contributed by atoms with E-state index in [1.165, 1.54) is 0 Å². The van der Waals surface area contributed by atoms with Gasteiger partial charge in [0.1, 0.15) is 0 Å². The van der Waals surface area contributed by atoms with E-state index in [1.54, 1.807) is 0 Å². The van der Waals surface area contributed by atoms with Crippen LogP contribution in [0.2, 0.25) is 0 Å². The number of hydrogen-bond donors (Lipinski definition) is 0. The third-order valence-corrected chi connectivity index (χ3v) is 6.03. The van der Waals surface area contributed by atoms with Crippen molar-refractivity contribution in [1.82, 2.24) is 0 Å². The van der Waals surface area contributed by atoms with Crippen molar-refractivity contribution in [2.24, 2.45) is 23.7 Å². The fourth-order valence-corrected chi connectivity index (χ4v) is 5.57. The van der Waals surface area contributed by atoms with Gasteiger partial charge in [-0.3, -0.25) is 0 Å². The number of ether oxygens (including phenoxy) is 4. The van der Waals surface area contributed by atoms with Crippen LogP contribution in [0.1, 0.15) is 25.7 Å². The molecule has 4 heteroatoms. The number of rotatable bonds is 0. The second kappa shape index (κ2) is 3.29. The summed E-state index contributed by atoms with van der Waals surface area (Å²) in [5, 5.41) is 0. The standard InChI is InChI=1S/C14H20O4/c1-2-16-13(15-1)9-5-11-7-10(13)8-12(6-9)14(11)17-3-4-18-14/h9-12H,1-8H2. The first-order chi connectivity index (χ1) is 8.83. The highest BCUT2D eigenvalue weighted by Gasteiger charge is 2.69. The summed E-state index contributed by atoms with van der Waals surface area (Å²) in [5.74, 6) is 1.82. The molecular weight excluding hydrogens is 232 g/mol. The summed E-state index contributed by atoms with van der Waals surface area (Å²) in [5.41, 5.74) is 0. The lowest BCUT2D eigenvalue weighted by molar-refractivity contribution is -0.360. The van der Waals surface area contributed by atoms with Crippen molar-refractivity contribution >= 4 is 0 Å². The maximum absolute atomic E-state index is 6.06. The van der Waals surface area contributed by atoms with E-state index < -0.39 is 0 Å². The van der Waals surface area contributed by atoms with Gasteiger partial charge in [0.15, 0.2) is 11.6 Å². The first-order valence-electron chi connectivity index (χ1n) is 7.39. The van der Waals surface area contributed by atoms with Crippen molar-refractivity contribution in [2.75, 3.05) is 26.4 Å². The smallest absolute Gasteiger partial charge is 0.174 e. The Morgan fingerprint density at radius 2 is 0.778 bits per heavy atom. The summed E-state index contributed by atoms with van der Waals surface area (Å²) in [4.78, 5) is 0. The van der Waals surface area contributed by atoms with E-state index in [0.29, 0.717) is 23.7 Å². The Balaban J connectivity index is 1.52. The van der Waals surface area contributed by atoms with Crippen LogP contribution in [0.4, 0.5) is 0 Å². The minimum absolute atomic E-state index is 0.229. The zero-order valence-corrected chi connectivity index (χ0v) is 10.6. The molecule has 2 heterocycles. The summed E-state index contributed by atoms with van der Waals surface area (Å²) in [6, 6.07) is 0. The van der Waals surface area contributed by atoms with Crippen molar-refractivity contribution in [3.05, 3.63) is 0 Å². The molecule has 18 heavy (non-hydrogen) atoms. The Morgan fingerprint density at radius 3 is 1.06 bits per heavy atom. The lowest BCUT2D eigenvalue weighted by Gasteiger charge is -2.63. The van der Waals surface area contributed by atoms with E-state index in [4.69, 9.17) is 18.9 Å². The minimum atomic E-state index is -0.229. The normalized spacial score (nSPS) is 50.7. The van der Waals surface area contributed by atoms with Crippen LogP contribution in [0, 0.1) is 23.7 Å². The fraction of sp³-hybridized carbons (Fsp3) is 1.00. The van der Waals surface area contributed by atoms with Crippen molar-refractivity contribution in [3.8, 4) is 0 Å². The van der Waals surface area contributed by atoms with E-state index in [1.807, 2.05) is 0 Å². The maximum atomic E-state index is 6.06. The van der Waals surface area contributed by atoms with Gasteiger partial charge in [-0.05, 0) is 25.7 Å². The topological polar surface area (TPSA) is 36.9 Å². The maximum Gasteiger partial charge on any atom is 0.174 e. The zero-order chi connectivity index (χ0) is 11.8. The van der Waals surface area contributed by atoms with Crippen LogP contribution >= 0.6 is 0 Å². The summed E-state index contributed by atoms with van der Waals surface area (Å²) in [7, 11) is 0. The Kier molecular flexibility index (Phi) is 1.94. The fourth-order valence-electron chi connectivity index (χ4n) is 5.57. The molecule has 4 aliphatic carbocycles. The van der Waals surface area contributed by atoms with Gasteiger partial charge >= 0.3 is 0 Å². The molecule has 6 rings (SSSR count). The van der Waals surface area contributed by atoms with Crippen LogP contribution in [0.25, 0.3) is 0 Å². The molecule has 6 aliphatic rings. The van der Waals surface area contributed by atoms with Gasteiger partial charge in [0.2, 0.25) is 0 Å². The van der Waals surface area contributed by atoms with Crippen LogP contribution in [0.15, 0.2) is 0 Å². The average molecular weight is 252 g/mol. The zero-order valence-electron chi connectivity index (χ0n) is 10.6. The Hall–Kier alpha value is -0.160. The lowest BCUT2D eigenvalue weighted by Crippen LogP contribution is -2.67. The molecule has 2 spiro atoms. The summed E-state index contributed by atoms with van der Waals surface area (Å²) in [6.45, 7) is 3.11. The summed E-state index contributed by atoms with van der Waals surface area (Å²) in [6.07, 6.45) is 4.64. The molecular formula is C14H20O4. The van der Waals surface area contributed by atoms with Gasteiger partial charge in [-0.15, -0.1) is 0 Å². The highest BCUT2D eigenvalue weighted by Crippen LogP contribution is 2.65. The third kappa shape index (κ3) is 1.04. The molecule has 2 aliphatic heterocycles. The van der Waals surface area contributed by atoms with Crippen LogP contribution < -0.4 is 0 Å². The van der Waals surface area contributed by atoms with Gasteiger partial charge in [-0.25, -0.2) is 0 Å². The van der Waals surface area contributed by atoms with Crippen LogP contribution in [0.5, 0.6) is 0 Å². The van der Waals surface area contributed by atoms with Crippen molar-refractivity contribution in [1.29, 1.82) is 0 Å². The Labute approximate surface area is 107 Å². The van der Waals surface area contributed by atoms with Gasteiger partial charge in [0, 0.05) is 23.7 Å². The van der Waals surface area contributed by atoms with Crippen molar-refractivity contribution in [3.63, 3.8) is 0 Å². The highest BCUT2D eigenvalue weighted by molar-refractivity contribution is 5.12. The first-order valence-corrected chi connectivity index (χ1v) is 7.39. The molecule has 0 N–H and O–H groups in total. The molecule has 4 nitrogen and oxygen atoms in total. The van der Waals surface area contributed by atoms with Gasteiger partial charge in [0.25, 0.3) is 0 Å². The molecule has 4 bridgehead atoms. The van der Waals surface area contributed by atoms with Crippen LogP contribution in [-0.4, -0.2) is 38.0 Å². The molecule has 0 aromatic heterocycles. The molecule has 6 fully saturated rings. The molecule has 0 aromatic carbocycles. The van der Waals surface area contributed by atoms with Crippen molar-refractivity contribution in [2.45, 2.75) is 37.3 Å².